The highest BCUT2D eigenvalue weighted by Gasteiger charge is 2.24. The Hall–Kier alpha value is -0.970. The predicted octanol–water partition coefficient (Wildman–Crippen LogP) is 1.82. The summed E-state index contributed by atoms with van der Waals surface area (Å²) in [6.07, 6.45) is -1.89. The van der Waals surface area contributed by atoms with Crippen LogP contribution in [0, 0.1) is 0 Å². The molecule has 3 N–H and O–H groups in total. The molecule has 1 aromatic rings. The number of benzene rings is 1. The highest BCUT2D eigenvalue weighted by molar-refractivity contribution is 6.42. The second kappa shape index (κ2) is 4.04. The van der Waals surface area contributed by atoms with E-state index < -0.39 is 17.8 Å². The summed E-state index contributed by atoms with van der Waals surface area (Å²) in [6.45, 7) is 0. The average molecular weight is 237 g/mol. The number of carbonyl (C=O) groups is 1. The lowest BCUT2D eigenvalue weighted by molar-refractivity contribution is -0.147. The molecule has 1 unspecified atom stereocenters. The number of phenolic OH excluding ortho intramolecular Hbond substituents is 1. The van der Waals surface area contributed by atoms with E-state index in [1.54, 1.807) is 0 Å². The Morgan fingerprint density at radius 1 is 1.36 bits per heavy atom. The van der Waals surface area contributed by atoms with Gasteiger partial charge in [0.15, 0.2) is 6.10 Å². The van der Waals surface area contributed by atoms with Crippen molar-refractivity contribution < 1.29 is 20.1 Å². The zero-order valence-electron chi connectivity index (χ0n) is 6.74. The van der Waals surface area contributed by atoms with Crippen LogP contribution in [-0.2, 0) is 4.79 Å². The standard InChI is InChI=1S/C8H6Cl2O4/c9-3-1-2-4(11)5(6(3)10)7(12)8(13)14/h1-2,7,11-12H,(H,13,14). The van der Waals surface area contributed by atoms with Gasteiger partial charge < -0.3 is 15.3 Å². The van der Waals surface area contributed by atoms with Gasteiger partial charge in [-0.15, -0.1) is 0 Å². The molecule has 4 nitrogen and oxygen atoms in total. The van der Waals surface area contributed by atoms with Crippen LogP contribution in [0.4, 0.5) is 0 Å². The van der Waals surface area contributed by atoms with E-state index in [2.05, 4.69) is 0 Å². The van der Waals surface area contributed by atoms with Crippen molar-refractivity contribution in [2.24, 2.45) is 0 Å². The van der Waals surface area contributed by atoms with Gasteiger partial charge in [-0.2, -0.15) is 0 Å². The zero-order chi connectivity index (χ0) is 10.9. The van der Waals surface area contributed by atoms with Gasteiger partial charge in [0.2, 0.25) is 0 Å². The number of aliphatic hydroxyl groups excluding tert-OH is 1. The van der Waals surface area contributed by atoms with E-state index in [0.29, 0.717) is 0 Å². The van der Waals surface area contributed by atoms with Gasteiger partial charge in [0.1, 0.15) is 5.75 Å². The minimum Gasteiger partial charge on any atom is -0.507 e. The second-order valence-corrected chi connectivity index (χ2v) is 3.32. The first-order valence-electron chi connectivity index (χ1n) is 3.53. The Bertz CT molecular complexity index is 378. The van der Waals surface area contributed by atoms with Crippen LogP contribution in [0.1, 0.15) is 11.7 Å². The minimum absolute atomic E-state index is 0.0692. The Kier molecular flexibility index (Phi) is 3.21. The molecule has 0 aromatic heterocycles. The quantitative estimate of drug-likeness (QED) is 0.732. The van der Waals surface area contributed by atoms with Gasteiger partial charge in [-0.05, 0) is 12.1 Å². The van der Waals surface area contributed by atoms with E-state index >= 15 is 0 Å². The molecule has 1 aromatic carbocycles. The lowest BCUT2D eigenvalue weighted by Gasteiger charge is -2.10. The number of rotatable bonds is 2. The van der Waals surface area contributed by atoms with Crippen LogP contribution in [-0.4, -0.2) is 21.3 Å². The van der Waals surface area contributed by atoms with E-state index in [1.165, 1.54) is 6.07 Å². The van der Waals surface area contributed by atoms with Crippen molar-refractivity contribution in [1.82, 2.24) is 0 Å². The molecule has 76 valence electrons. The normalized spacial score (nSPS) is 12.5. The van der Waals surface area contributed by atoms with E-state index in [4.69, 9.17) is 28.3 Å². The molecule has 0 aliphatic rings. The first-order chi connectivity index (χ1) is 6.45. The summed E-state index contributed by atoms with van der Waals surface area (Å²) < 4.78 is 0. The molecule has 0 fully saturated rings. The van der Waals surface area contributed by atoms with Gasteiger partial charge in [-0.1, -0.05) is 23.2 Å². The molecule has 0 saturated carbocycles. The Labute approximate surface area is 89.3 Å². The molecule has 0 spiro atoms. The van der Waals surface area contributed by atoms with Crippen LogP contribution >= 0.6 is 23.2 Å². The topological polar surface area (TPSA) is 77.8 Å². The van der Waals surface area contributed by atoms with Crippen LogP contribution in [0.3, 0.4) is 0 Å². The van der Waals surface area contributed by atoms with Crippen molar-refractivity contribution >= 4 is 29.2 Å². The van der Waals surface area contributed by atoms with Crippen LogP contribution < -0.4 is 0 Å². The zero-order valence-corrected chi connectivity index (χ0v) is 8.25. The molecule has 0 saturated heterocycles. The highest BCUT2D eigenvalue weighted by atomic mass is 35.5. The summed E-state index contributed by atoms with van der Waals surface area (Å²) >= 11 is 11.2. The summed E-state index contributed by atoms with van der Waals surface area (Å²) in [4.78, 5) is 10.5. The maximum Gasteiger partial charge on any atom is 0.337 e. The van der Waals surface area contributed by atoms with Crippen molar-refractivity contribution in [3.8, 4) is 5.75 Å². The number of aliphatic carboxylic acids is 1. The number of carboxylic acid groups (broad SMARTS) is 1. The SMILES string of the molecule is O=C(O)C(O)c1c(O)ccc(Cl)c1Cl. The van der Waals surface area contributed by atoms with Crippen molar-refractivity contribution in [3.05, 3.63) is 27.7 Å². The fourth-order valence-corrected chi connectivity index (χ4v) is 1.37. The van der Waals surface area contributed by atoms with Gasteiger partial charge in [0.05, 0.1) is 15.6 Å². The Balaban J connectivity index is 3.32. The fraction of sp³-hybridized carbons (Fsp3) is 0.125. The van der Waals surface area contributed by atoms with Crippen LogP contribution in [0.2, 0.25) is 10.0 Å². The van der Waals surface area contributed by atoms with Gasteiger partial charge in [-0.25, -0.2) is 4.79 Å². The van der Waals surface area contributed by atoms with E-state index in [9.17, 15) is 15.0 Å². The first kappa shape index (κ1) is 11.1. The Morgan fingerprint density at radius 3 is 2.43 bits per heavy atom. The minimum atomic E-state index is -1.89. The summed E-state index contributed by atoms with van der Waals surface area (Å²) in [5, 5.41) is 26.9. The summed E-state index contributed by atoms with van der Waals surface area (Å²) in [7, 11) is 0. The summed E-state index contributed by atoms with van der Waals surface area (Å²) in [5.74, 6) is -1.92. The molecule has 0 bridgehead atoms. The predicted molar refractivity (Wildman–Crippen MR) is 50.7 cm³/mol. The monoisotopic (exact) mass is 236 g/mol. The largest absolute Gasteiger partial charge is 0.507 e. The smallest absolute Gasteiger partial charge is 0.337 e. The molecule has 6 heteroatoms. The third-order valence-corrected chi connectivity index (χ3v) is 2.44. The number of aliphatic hydroxyl groups is 1. The molecule has 1 atom stereocenters. The number of aromatic hydroxyl groups is 1. The van der Waals surface area contributed by atoms with Crippen molar-refractivity contribution in [2.75, 3.05) is 0 Å². The lowest BCUT2D eigenvalue weighted by Crippen LogP contribution is -2.11. The lowest BCUT2D eigenvalue weighted by atomic mass is 10.1. The van der Waals surface area contributed by atoms with E-state index in [0.717, 1.165) is 6.07 Å². The third-order valence-electron chi connectivity index (χ3n) is 1.62. The average Bonchev–Trinajstić information content (AvgIpc) is 2.12. The third kappa shape index (κ3) is 1.92. The first-order valence-corrected chi connectivity index (χ1v) is 4.28. The molecule has 14 heavy (non-hydrogen) atoms. The van der Waals surface area contributed by atoms with E-state index in [1.807, 2.05) is 0 Å². The fourth-order valence-electron chi connectivity index (χ4n) is 0.940. The number of halogens is 2. The maximum atomic E-state index is 10.5. The van der Waals surface area contributed by atoms with Gasteiger partial charge in [0, 0.05) is 0 Å². The van der Waals surface area contributed by atoms with Gasteiger partial charge >= 0.3 is 5.97 Å². The number of hydrogen-bond donors (Lipinski definition) is 3. The van der Waals surface area contributed by atoms with Crippen molar-refractivity contribution in [2.45, 2.75) is 6.10 Å². The Morgan fingerprint density at radius 2 is 1.93 bits per heavy atom. The van der Waals surface area contributed by atoms with Crippen molar-refractivity contribution in [1.29, 1.82) is 0 Å². The maximum absolute atomic E-state index is 10.5. The number of phenols is 1. The van der Waals surface area contributed by atoms with Gasteiger partial charge in [-0.3, -0.25) is 0 Å². The summed E-state index contributed by atoms with van der Waals surface area (Å²) in [6, 6.07) is 2.47. The molecular weight excluding hydrogens is 231 g/mol. The second-order valence-electron chi connectivity index (χ2n) is 2.53. The molecule has 0 aliphatic carbocycles. The van der Waals surface area contributed by atoms with E-state index in [-0.39, 0.29) is 15.6 Å². The van der Waals surface area contributed by atoms with Crippen molar-refractivity contribution in [3.63, 3.8) is 0 Å². The number of carboxylic acids is 1. The number of hydrogen-bond acceptors (Lipinski definition) is 3. The van der Waals surface area contributed by atoms with Crippen LogP contribution in [0.15, 0.2) is 12.1 Å². The summed E-state index contributed by atoms with van der Waals surface area (Å²) in [5.41, 5.74) is -0.299. The molecule has 0 heterocycles. The molecule has 1 rings (SSSR count). The molecule has 0 radical (unpaired) electrons. The molecule has 0 aliphatic heterocycles. The molecular formula is C8H6Cl2O4. The van der Waals surface area contributed by atoms with Crippen LogP contribution in [0.25, 0.3) is 0 Å². The van der Waals surface area contributed by atoms with Crippen LogP contribution in [0.5, 0.6) is 5.75 Å². The van der Waals surface area contributed by atoms with Gasteiger partial charge in [0.25, 0.3) is 0 Å². The highest BCUT2D eigenvalue weighted by Crippen LogP contribution is 2.36. The molecule has 0 amide bonds.